The molecule has 2 amide bonds. The highest BCUT2D eigenvalue weighted by atomic mass is 127. The van der Waals surface area contributed by atoms with Gasteiger partial charge in [0.2, 0.25) is 5.91 Å². The van der Waals surface area contributed by atoms with Gasteiger partial charge >= 0.3 is 0 Å². The summed E-state index contributed by atoms with van der Waals surface area (Å²) >= 11 is 2.30. The first-order valence-corrected chi connectivity index (χ1v) is 15.0. The third-order valence-corrected chi connectivity index (χ3v) is 9.61. The van der Waals surface area contributed by atoms with Crippen LogP contribution in [0.5, 0.6) is 0 Å². The van der Waals surface area contributed by atoms with Crippen LogP contribution in [0.15, 0.2) is 53.1 Å². The number of halogens is 1. The molecule has 0 radical (unpaired) electrons. The number of aromatic nitrogens is 2. The van der Waals surface area contributed by atoms with Crippen LogP contribution in [-0.2, 0) is 17.8 Å². The van der Waals surface area contributed by atoms with Crippen molar-refractivity contribution in [2.24, 2.45) is 0 Å². The van der Waals surface area contributed by atoms with E-state index in [9.17, 15) is 9.59 Å². The van der Waals surface area contributed by atoms with Crippen LogP contribution >= 0.6 is 22.6 Å². The summed E-state index contributed by atoms with van der Waals surface area (Å²) in [5.74, 6) is 0.434. The van der Waals surface area contributed by atoms with Gasteiger partial charge in [0.05, 0.1) is 18.8 Å². The second kappa shape index (κ2) is 10.3. The summed E-state index contributed by atoms with van der Waals surface area (Å²) in [6.45, 7) is 0.328. The van der Waals surface area contributed by atoms with Crippen LogP contribution in [-0.4, -0.2) is 42.5 Å². The second-order valence-electron chi connectivity index (χ2n) is 10.7. The number of carbonyl (C=O) groups is 2. The Morgan fingerprint density at radius 1 is 1.08 bits per heavy atom. The van der Waals surface area contributed by atoms with E-state index in [2.05, 4.69) is 46.1 Å². The number of amides is 2. The molecular formula is C29H33IN4O3. The molecule has 1 fully saturated rings. The number of rotatable bonds is 5. The molecular weight excluding hydrogens is 579 g/mol. The quantitative estimate of drug-likeness (QED) is 0.228. The Morgan fingerprint density at radius 2 is 1.89 bits per heavy atom. The average molecular weight is 613 g/mol. The molecule has 1 aromatic carbocycles. The normalized spacial score (nSPS) is 24.3. The number of nitrogens with zero attached hydrogens (tertiary/aromatic N) is 3. The molecule has 6 rings (SSSR count). The minimum absolute atomic E-state index is 0.0501. The van der Waals surface area contributed by atoms with Gasteiger partial charge < -0.3 is 14.6 Å². The zero-order chi connectivity index (χ0) is 25.4. The molecule has 1 aliphatic heterocycles. The molecule has 1 saturated carbocycles. The molecule has 3 aromatic rings. The minimum atomic E-state index is -1.03. The Bertz CT molecular complexity index is 1280. The molecule has 0 bridgehead atoms. The van der Waals surface area contributed by atoms with E-state index in [0.29, 0.717) is 28.1 Å². The van der Waals surface area contributed by atoms with E-state index < -0.39 is 5.54 Å². The molecule has 2 atom stereocenters. The van der Waals surface area contributed by atoms with Crippen molar-refractivity contribution in [1.29, 1.82) is 0 Å². The molecule has 2 aliphatic carbocycles. The summed E-state index contributed by atoms with van der Waals surface area (Å²) in [5, 5.41) is 8.15. The van der Waals surface area contributed by atoms with Crippen molar-refractivity contribution in [2.75, 3.05) is 4.43 Å². The number of carbonyl (C=O) groups excluding carboxylic acids is 2. The maximum absolute atomic E-state index is 14.4. The number of nitrogens with one attached hydrogen (secondary N) is 1. The summed E-state index contributed by atoms with van der Waals surface area (Å²) in [6, 6.07) is 13.9. The number of furan rings is 1. The van der Waals surface area contributed by atoms with E-state index >= 15 is 0 Å². The summed E-state index contributed by atoms with van der Waals surface area (Å²) < 4.78 is 7.80. The van der Waals surface area contributed by atoms with Crippen LogP contribution in [0.2, 0.25) is 0 Å². The standard InChI is InChI=1S/C29H33IN4O3/c30-18-29(28(36)31-21-11-3-1-2-4-12-21)19-33-25(17-23(32-33)26-15-8-16-37-26)27(35)34(29)24-14-7-10-20-9-5-6-13-22(20)24/h5-6,8-9,13,15-17,21,24H,1-4,7,10-12,14,18-19H2,(H,31,36). The van der Waals surface area contributed by atoms with Gasteiger partial charge in [0.1, 0.15) is 11.4 Å². The fourth-order valence-corrected chi connectivity index (χ4v) is 7.38. The maximum atomic E-state index is 14.4. The molecule has 8 heteroatoms. The zero-order valence-electron chi connectivity index (χ0n) is 21.0. The molecule has 37 heavy (non-hydrogen) atoms. The number of benzene rings is 1. The Kier molecular flexibility index (Phi) is 6.86. The number of hydrogen-bond donors (Lipinski definition) is 1. The largest absolute Gasteiger partial charge is 0.463 e. The summed E-state index contributed by atoms with van der Waals surface area (Å²) in [4.78, 5) is 30.6. The molecule has 3 aliphatic rings. The Morgan fingerprint density at radius 3 is 2.65 bits per heavy atom. The van der Waals surface area contributed by atoms with Crippen LogP contribution in [0.3, 0.4) is 0 Å². The number of hydrogen-bond acceptors (Lipinski definition) is 4. The van der Waals surface area contributed by atoms with Crippen molar-refractivity contribution in [1.82, 2.24) is 20.0 Å². The van der Waals surface area contributed by atoms with E-state index in [1.165, 1.54) is 18.4 Å². The second-order valence-corrected chi connectivity index (χ2v) is 11.4. The number of aryl methyl sites for hydroxylation is 1. The maximum Gasteiger partial charge on any atom is 0.273 e. The fraction of sp³-hybridized carbons (Fsp3) is 0.483. The van der Waals surface area contributed by atoms with E-state index in [-0.39, 0.29) is 23.9 Å². The Balaban J connectivity index is 1.44. The van der Waals surface area contributed by atoms with Crippen molar-refractivity contribution >= 4 is 34.4 Å². The Labute approximate surface area is 231 Å². The minimum Gasteiger partial charge on any atom is -0.463 e. The van der Waals surface area contributed by atoms with E-state index in [0.717, 1.165) is 50.5 Å². The smallest absolute Gasteiger partial charge is 0.273 e. The van der Waals surface area contributed by atoms with Crippen LogP contribution < -0.4 is 5.32 Å². The van der Waals surface area contributed by atoms with Crippen LogP contribution in [0, 0.1) is 0 Å². The predicted molar refractivity (Wildman–Crippen MR) is 149 cm³/mol. The van der Waals surface area contributed by atoms with Gasteiger partial charge in [0.15, 0.2) is 11.3 Å². The van der Waals surface area contributed by atoms with Crippen molar-refractivity contribution in [3.8, 4) is 11.5 Å². The summed E-state index contributed by atoms with van der Waals surface area (Å²) in [5.41, 5.74) is 2.53. The van der Waals surface area contributed by atoms with Gasteiger partial charge in [-0.25, -0.2) is 0 Å². The molecule has 2 aromatic heterocycles. The van der Waals surface area contributed by atoms with Gasteiger partial charge in [-0.05, 0) is 55.4 Å². The van der Waals surface area contributed by atoms with Crippen LogP contribution in [0.25, 0.3) is 11.5 Å². The van der Waals surface area contributed by atoms with Crippen molar-refractivity contribution in [2.45, 2.75) is 82.0 Å². The molecule has 7 nitrogen and oxygen atoms in total. The van der Waals surface area contributed by atoms with Gasteiger partial charge in [0.25, 0.3) is 5.91 Å². The first-order valence-electron chi connectivity index (χ1n) is 13.5. The Hall–Kier alpha value is -2.62. The lowest BCUT2D eigenvalue weighted by Gasteiger charge is -2.50. The third-order valence-electron chi connectivity index (χ3n) is 8.35. The monoisotopic (exact) mass is 612 g/mol. The van der Waals surface area contributed by atoms with E-state index in [1.54, 1.807) is 10.9 Å². The lowest BCUT2D eigenvalue weighted by atomic mass is 9.82. The van der Waals surface area contributed by atoms with Gasteiger partial charge in [-0.1, -0.05) is 72.5 Å². The lowest BCUT2D eigenvalue weighted by molar-refractivity contribution is -0.135. The van der Waals surface area contributed by atoms with Crippen molar-refractivity contribution in [3.63, 3.8) is 0 Å². The lowest BCUT2D eigenvalue weighted by Crippen LogP contribution is -2.68. The van der Waals surface area contributed by atoms with E-state index in [4.69, 9.17) is 9.52 Å². The van der Waals surface area contributed by atoms with Gasteiger partial charge in [-0.15, -0.1) is 0 Å². The number of alkyl halides is 1. The summed E-state index contributed by atoms with van der Waals surface area (Å²) in [7, 11) is 0. The van der Waals surface area contributed by atoms with Crippen molar-refractivity contribution < 1.29 is 14.0 Å². The molecule has 194 valence electrons. The zero-order valence-corrected chi connectivity index (χ0v) is 23.2. The molecule has 0 saturated heterocycles. The fourth-order valence-electron chi connectivity index (χ4n) is 6.42. The summed E-state index contributed by atoms with van der Waals surface area (Å²) in [6.07, 6.45) is 11.2. The van der Waals surface area contributed by atoms with Gasteiger partial charge in [-0.2, -0.15) is 5.10 Å². The third kappa shape index (κ3) is 4.41. The van der Waals surface area contributed by atoms with Crippen LogP contribution in [0.1, 0.15) is 79.0 Å². The van der Waals surface area contributed by atoms with Gasteiger partial charge in [0, 0.05) is 16.5 Å². The molecule has 3 heterocycles. The SMILES string of the molecule is O=C1c2cc(-c3ccco3)nn2CC(CI)(C(=O)NC2CCCCCC2)N1C1CCCc2ccccc21. The van der Waals surface area contributed by atoms with Crippen molar-refractivity contribution in [3.05, 3.63) is 65.5 Å². The highest BCUT2D eigenvalue weighted by Gasteiger charge is 2.54. The first-order chi connectivity index (χ1) is 18.1. The molecule has 0 spiro atoms. The number of fused-ring (bicyclic) bond motifs is 2. The average Bonchev–Trinajstić information content (AvgIpc) is 3.54. The molecule has 2 unspecified atom stereocenters. The van der Waals surface area contributed by atoms with Crippen LogP contribution in [0.4, 0.5) is 0 Å². The highest BCUT2D eigenvalue weighted by molar-refractivity contribution is 14.1. The predicted octanol–water partition coefficient (Wildman–Crippen LogP) is 5.69. The van der Waals surface area contributed by atoms with Gasteiger partial charge in [-0.3, -0.25) is 14.3 Å². The molecule has 1 N–H and O–H groups in total. The first kappa shape index (κ1) is 24.7. The van der Waals surface area contributed by atoms with E-state index in [1.807, 2.05) is 29.2 Å². The highest BCUT2D eigenvalue weighted by Crippen LogP contribution is 2.43. The topological polar surface area (TPSA) is 80.4 Å².